The molecule has 1 unspecified atom stereocenters. The van der Waals surface area contributed by atoms with Crippen molar-refractivity contribution in [2.75, 3.05) is 6.61 Å². The van der Waals surface area contributed by atoms with Crippen LogP contribution >= 0.6 is 23.2 Å². The molecule has 1 aromatic rings. The number of rotatable bonds is 2. The van der Waals surface area contributed by atoms with Gasteiger partial charge in [-0.1, -0.05) is 23.3 Å². The number of benzene rings is 1. The molecule has 0 aromatic heterocycles. The van der Waals surface area contributed by atoms with E-state index in [2.05, 4.69) is 6.08 Å². The second-order valence-electron chi connectivity index (χ2n) is 4.71. The highest BCUT2D eigenvalue weighted by molar-refractivity contribution is 6.30. The van der Waals surface area contributed by atoms with Crippen LogP contribution in [0.25, 0.3) is 0 Å². The highest BCUT2D eigenvalue weighted by Gasteiger charge is 2.20. The zero-order chi connectivity index (χ0) is 11.8. The number of fused-ring (bicyclic) bond motifs is 1. The average Bonchev–Trinajstić information content (AvgIpc) is 2.87. The van der Waals surface area contributed by atoms with Crippen molar-refractivity contribution in [2.24, 2.45) is 0 Å². The largest absolute Gasteiger partial charge is 0.493 e. The molecule has 0 amide bonds. The Bertz CT molecular complexity index is 479. The van der Waals surface area contributed by atoms with Gasteiger partial charge in [-0.3, -0.25) is 0 Å². The smallest absolute Gasteiger partial charge is 0.126 e. The van der Waals surface area contributed by atoms with E-state index in [1.807, 2.05) is 12.1 Å². The standard InChI is InChI=1S/C14H14Cl2O/c15-12-2-1-9(6-12)5-11-8-13(16)7-10-3-4-17-14(10)11/h6-8,12H,1-5H2. The molecule has 1 aliphatic heterocycles. The fourth-order valence-corrected chi connectivity index (χ4v) is 3.17. The summed E-state index contributed by atoms with van der Waals surface area (Å²) in [6.07, 6.45) is 6.21. The van der Waals surface area contributed by atoms with Gasteiger partial charge >= 0.3 is 0 Å². The summed E-state index contributed by atoms with van der Waals surface area (Å²) in [5.41, 5.74) is 3.86. The van der Waals surface area contributed by atoms with Crippen LogP contribution < -0.4 is 4.74 Å². The number of halogens is 2. The van der Waals surface area contributed by atoms with E-state index in [0.29, 0.717) is 0 Å². The molecule has 17 heavy (non-hydrogen) atoms. The molecule has 0 saturated carbocycles. The molecular formula is C14H14Cl2O. The first-order valence-corrected chi connectivity index (χ1v) is 6.81. The van der Waals surface area contributed by atoms with Crippen molar-refractivity contribution in [1.29, 1.82) is 0 Å². The van der Waals surface area contributed by atoms with Crippen LogP contribution in [0.1, 0.15) is 24.0 Å². The molecule has 1 heterocycles. The molecule has 0 bridgehead atoms. The highest BCUT2D eigenvalue weighted by atomic mass is 35.5. The topological polar surface area (TPSA) is 9.23 Å². The minimum atomic E-state index is 0.207. The third-order valence-electron chi connectivity index (χ3n) is 3.40. The molecule has 1 nitrogen and oxygen atoms in total. The molecular weight excluding hydrogens is 255 g/mol. The Morgan fingerprint density at radius 2 is 2.18 bits per heavy atom. The Balaban J connectivity index is 1.90. The lowest BCUT2D eigenvalue weighted by Crippen LogP contribution is -1.94. The van der Waals surface area contributed by atoms with Crippen LogP contribution in [0.5, 0.6) is 5.75 Å². The van der Waals surface area contributed by atoms with E-state index in [1.165, 1.54) is 16.7 Å². The first kappa shape index (κ1) is 11.4. The summed E-state index contributed by atoms with van der Waals surface area (Å²) in [4.78, 5) is 0. The SMILES string of the molecule is Clc1cc2c(c(CC3=CC(Cl)CC3)c1)OCC2. The number of hydrogen-bond donors (Lipinski definition) is 0. The van der Waals surface area contributed by atoms with Crippen molar-refractivity contribution in [3.63, 3.8) is 0 Å². The van der Waals surface area contributed by atoms with Crippen LogP contribution in [0.4, 0.5) is 0 Å². The van der Waals surface area contributed by atoms with Gasteiger partial charge in [-0.05, 0) is 42.5 Å². The summed E-state index contributed by atoms with van der Waals surface area (Å²) < 4.78 is 5.70. The molecule has 0 radical (unpaired) electrons. The molecule has 3 heteroatoms. The van der Waals surface area contributed by atoms with E-state index >= 15 is 0 Å². The summed E-state index contributed by atoms with van der Waals surface area (Å²) in [6, 6.07) is 4.04. The number of hydrogen-bond acceptors (Lipinski definition) is 1. The molecule has 1 aliphatic carbocycles. The fraction of sp³-hybridized carbons (Fsp3) is 0.429. The Morgan fingerprint density at radius 3 is 2.94 bits per heavy atom. The third-order valence-corrected chi connectivity index (χ3v) is 3.96. The summed E-state index contributed by atoms with van der Waals surface area (Å²) in [5, 5.41) is 1.02. The van der Waals surface area contributed by atoms with E-state index in [0.717, 1.165) is 43.1 Å². The summed E-state index contributed by atoms with van der Waals surface area (Å²) in [7, 11) is 0. The number of alkyl halides is 1. The van der Waals surface area contributed by atoms with Gasteiger partial charge in [0.2, 0.25) is 0 Å². The van der Waals surface area contributed by atoms with Crippen molar-refractivity contribution >= 4 is 23.2 Å². The highest BCUT2D eigenvalue weighted by Crippen LogP contribution is 2.36. The van der Waals surface area contributed by atoms with Crippen molar-refractivity contribution < 1.29 is 4.74 Å². The Morgan fingerprint density at radius 1 is 1.29 bits per heavy atom. The molecule has 1 atom stereocenters. The normalized spacial score (nSPS) is 22.2. The minimum absolute atomic E-state index is 0.207. The van der Waals surface area contributed by atoms with Gasteiger partial charge in [0.25, 0.3) is 0 Å². The van der Waals surface area contributed by atoms with Crippen LogP contribution in [0.15, 0.2) is 23.8 Å². The maximum atomic E-state index is 6.14. The second kappa shape index (κ2) is 4.55. The lowest BCUT2D eigenvalue weighted by Gasteiger charge is -2.09. The van der Waals surface area contributed by atoms with E-state index in [4.69, 9.17) is 27.9 Å². The molecule has 0 spiro atoms. The van der Waals surface area contributed by atoms with Crippen LogP contribution in [0, 0.1) is 0 Å². The second-order valence-corrected chi connectivity index (χ2v) is 5.71. The molecule has 2 aliphatic rings. The first-order chi connectivity index (χ1) is 8.22. The van der Waals surface area contributed by atoms with Gasteiger partial charge in [-0.15, -0.1) is 11.6 Å². The quantitative estimate of drug-likeness (QED) is 0.579. The van der Waals surface area contributed by atoms with Crippen LogP contribution in [0.3, 0.4) is 0 Å². The summed E-state index contributed by atoms with van der Waals surface area (Å²) in [6.45, 7) is 0.778. The zero-order valence-electron chi connectivity index (χ0n) is 9.51. The lowest BCUT2D eigenvalue weighted by atomic mass is 10.0. The average molecular weight is 269 g/mol. The molecule has 1 aromatic carbocycles. The Kier molecular flexibility index (Phi) is 3.06. The summed E-state index contributed by atoms with van der Waals surface area (Å²) in [5.74, 6) is 1.05. The minimum Gasteiger partial charge on any atom is -0.493 e. The van der Waals surface area contributed by atoms with Crippen LogP contribution in [0.2, 0.25) is 5.02 Å². The monoisotopic (exact) mass is 268 g/mol. The zero-order valence-corrected chi connectivity index (χ0v) is 11.0. The Labute approximate surface area is 111 Å². The van der Waals surface area contributed by atoms with E-state index in [9.17, 15) is 0 Å². The van der Waals surface area contributed by atoms with Gasteiger partial charge in [0.05, 0.1) is 12.0 Å². The lowest BCUT2D eigenvalue weighted by molar-refractivity contribution is 0.354. The van der Waals surface area contributed by atoms with Crippen molar-refractivity contribution in [3.8, 4) is 5.75 Å². The maximum Gasteiger partial charge on any atom is 0.126 e. The molecule has 90 valence electrons. The predicted molar refractivity (Wildman–Crippen MR) is 71.3 cm³/mol. The molecule has 0 fully saturated rings. The number of allylic oxidation sites excluding steroid dienone is 2. The summed E-state index contributed by atoms with van der Waals surface area (Å²) >= 11 is 12.2. The van der Waals surface area contributed by atoms with Crippen LogP contribution in [-0.4, -0.2) is 12.0 Å². The third kappa shape index (κ3) is 2.31. The van der Waals surface area contributed by atoms with Gasteiger partial charge in [-0.2, -0.15) is 0 Å². The maximum absolute atomic E-state index is 6.14. The van der Waals surface area contributed by atoms with E-state index in [-0.39, 0.29) is 5.38 Å². The van der Waals surface area contributed by atoms with Gasteiger partial charge < -0.3 is 4.74 Å². The van der Waals surface area contributed by atoms with Crippen LogP contribution in [-0.2, 0) is 12.8 Å². The van der Waals surface area contributed by atoms with Gasteiger partial charge in [0.1, 0.15) is 5.75 Å². The van der Waals surface area contributed by atoms with Gasteiger partial charge in [0, 0.05) is 11.4 Å². The number of ether oxygens (including phenoxy) is 1. The first-order valence-electron chi connectivity index (χ1n) is 6.00. The fourth-order valence-electron chi connectivity index (χ4n) is 2.61. The van der Waals surface area contributed by atoms with E-state index in [1.54, 1.807) is 0 Å². The molecule has 0 saturated heterocycles. The predicted octanol–water partition coefficient (Wildman–Crippen LogP) is 4.15. The van der Waals surface area contributed by atoms with Gasteiger partial charge in [-0.25, -0.2) is 0 Å². The van der Waals surface area contributed by atoms with Gasteiger partial charge in [0.15, 0.2) is 0 Å². The van der Waals surface area contributed by atoms with Crippen molar-refractivity contribution in [1.82, 2.24) is 0 Å². The van der Waals surface area contributed by atoms with Crippen molar-refractivity contribution in [3.05, 3.63) is 39.9 Å². The Hall–Kier alpha value is -0.660. The molecule has 3 rings (SSSR count). The molecule has 0 N–H and O–H groups in total. The van der Waals surface area contributed by atoms with Crippen molar-refractivity contribution in [2.45, 2.75) is 31.1 Å². The van der Waals surface area contributed by atoms with E-state index < -0.39 is 0 Å².